The van der Waals surface area contributed by atoms with Crippen molar-refractivity contribution >= 4 is 34.4 Å². The molecule has 0 unspecified atom stereocenters. The maximum atomic E-state index is 8.71. The minimum atomic E-state index is 0.339. The molecule has 0 aliphatic heterocycles. The van der Waals surface area contributed by atoms with E-state index in [1.807, 2.05) is 0 Å². The Morgan fingerprint density at radius 2 is 1.45 bits per heavy atom. The van der Waals surface area contributed by atoms with Crippen molar-refractivity contribution < 1.29 is 10.4 Å². The molecular formula is C12H16N6O2. The van der Waals surface area contributed by atoms with Crippen molar-refractivity contribution in [2.75, 3.05) is 0 Å². The minimum Gasteiger partial charge on any atom is -0.411 e. The molecule has 1 aromatic heterocycles. The van der Waals surface area contributed by atoms with Gasteiger partial charge in [0.15, 0.2) is 5.82 Å². The zero-order valence-electron chi connectivity index (χ0n) is 11.7. The van der Waals surface area contributed by atoms with E-state index in [2.05, 4.69) is 30.3 Å². The molecule has 2 N–H and O–H groups in total. The Kier molecular flexibility index (Phi) is 5.45. The molecule has 106 valence electrons. The molecule has 8 heteroatoms. The highest BCUT2D eigenvalue weighted by molar-refractivity contribution is 6.41. The lowest BCUT2D eigenvalue weighted by atomic mass is 10.3. The van der Waals surface area contributed by atoms with Crippen LogP contribution >= 0.6 is 0 Å². The maximum Gasteiger partial charge on any atom is 0.181 e. The van der Waals surface area contributed by atoms with Crippen LogP contribution in [0.15, 0.2) is 32.8 Å². The fourth-order valence-electron chi connectivity index (χ4n) is 1.13. The van der Waals surface area contributed by atoms with Crippen molar-refractivity contribution in [1.29, 1.82) is 0 Å². The third kappa shape index (κ3) is 3.94. The van der Waals surface area contributed by atoms with Gasteiger partial charge in [0.2, 0.25) is 0 Å². The summed E-state index contributed by atoms with van der Waals surface area (Å²) in [5.41, 5.74) is 2.21. The third-order valence-corrected chi connectivity index (χ3v) is 2.58. The van der Waals surface area contributed by atoms with Gasteiger partial charge in [-0.25, -0.2) is 20.0 Å². The monoisotopic (exact) mass is 276 g/mol. The van der Waals surface area contributed by atoms with Crippen LogP contribution < -0.4 is 0 Å². The molecule has 0 aromatic carbocycles. The van der Waals surface area contributed by atoms with Gasteiger partial charge in [0.1, 0.15) is 12.0 Å². The Bertz CT molecular complexity index is 551. The zero-order chi connectivity index (χ0) is 15.1. The molecule has 0 amide bonds. The number of hydrogen-bond donors (Lipinski definition) is 2. The fraction of sp³-hybridized carbons (Fsp3) is 0.333. The highest BCUT2D eigenvalue weighted by Crippen LogP contribution is 2.24. The van der Waals surface area contributed by atoms with Gasteiger partial charge in [0.25, 0.3) is 0 Å². The second-order valence-corrected chi connectivity index (χ2v) is 4.00. The van der Waals surface area contributed by atoms with Crippen LogP contribution in [0.4, 0.5) is 11.5 Å². The van der Waals surface area contributed by atoms with E-state index < -0.39 is 0 Å². The second-order valence-electron chi connectivity index (χ2n) is 4.00. The molecule has 0 aliphatic rings. The van der Waals surface area contributed by atoms with Crippen LogP contribution in [0.25, 0.3) is 0 Å². The summed E-state index contributed by atoms with van der Waals surface area (Å²) in [6, 6.07) is 0. The van der Waals surface area contributed by atoms with Crippen LogP contribution in [-0.2, 0) is 0 Å². The predicted octanol–water partition coefficient (Wildman–Crippen LogP) is 2.36. The Hall–Kier alpha value is -2.64. The summed E-state index contributed by atoms with van der Waals surface area (Å²) in [6.45, 7) is 6.64. The van der Waals surface area contributed by atoms with Crippen molar-refractivity contribution in [3.8, 4) is 0 Å². The van der Waals surface area contributed by atoms with Crippen LogP contribution in [0.3, 0.4) is 0 Å². The van der Waals surface area contributed by atoms with E-state index in [-0.39, 0.29) is 0 Å². The maximum absolute atomic E-state index is 8.71. The van der Waals surface area contributed by atoms with Gasteiger partial charge in [-0.1, -0.05) is 10.3 Å². The quantitative estimate of drug-likeness (QED) is 0.498. The molecule has 0 aliphatic carbocycles. The lowest BCUT2D eigenvalue weighted by Crippen LogP contribution is -2.06. The third-order valence-electron chi connectivity index (χ3n) is 2.58. The number of aromatic nitrogens is 2. The molecule has 1 aromatic rings. The van der Waals surface area contributed by atoms with Crippen LogP contribution in [0.1, 0.15) is 27.7 Å². The standard InChI is InChI=1S/C12H16N6O2/c1-7(9(3)17-19)15-11-5-13-6-14-12(11)16-8(2)10(4)18-20/h5-6,19-20H,1-4H3/b15-7?,16-8?,17-9+,18-10+. The number of hydrogen-bond acceptors (Lipinski definition) is 8. The van der Waals surface area contributed by atoms with Gasteiger partial charge in [-0.3, -0.25) is 0 Å². The van der Waals surface area contributed by atoms with E-state index >= 15 is 0 Å². The van der Waals surface area contributed by atoms with E-state index in [0.717, 1.165) is 0 Å². The summed E-state index contributed by atoms with van der Waals surface area (Å²) in [7, 11) is 0. The van der Waals surface area contributed by atoms with Gasteiger partial charge in [-0.15, -0.1) is 0 Å². The lowest BCUT2D eigenvalue weighted by Gasteiger charge is -2.02. The average molecular weight is 276 g/mol. The van der Waals surface area contributed by atoms with Gasteiger partial charge in [-0.05, 0) is 27.7 Å². The molecule has 8 nitrogen and oxygen atoms in total. The summed E-state index contributed by atoms with van der Waals surface area (Å²) >= 11 is 0. The van der Waals surface area contributed by atoms with Crippen LogP contribution in [0.5, 0.6) is 0 Å². The van der Waals surface area contributed by atoms with E-state index in [0.29, 0.717) is 34.4 Å². The Morgan fingerprint density at radius 3 is 2.00 bits per heavy atom. The number of aliphatic imine (C=N–C) groups is 2. The van der Waals surface area contributed by atoms with Crippen molar-refractivity contribution in [3.63, 3.8) is 0 Å². The molecule has 0 bridgehead atoms. The first-order chi connectivity index (χ1) is 9.49. The molecule has 0 saturated carbocycles. The van der Waals surface area contributed by atoms with E-state index in [4.69, 9.17) is 10.4 Å². The summed E-state index contributed by atoms with van der Waals surface area (Å²) in [5.74, 6) is 0.339. The Morgan fingerprint density at radius 1 is 0.900 bits per heavy atom. The molecule has 0 atom stereocenters. The molecule has 0 fully saturated rings. The molecule has 0 saturated heterocycles. The van der Waals surface area contributed by atoms with Crippen LogP contribution in [0.2, 0.25) is 0 Å². The highest BCUT2D eigenvalue weighted by atomic mass is 16.4. The van der Waals surface area contributed by atoms with E-state index in [1.54, 1.807) is 27.7 Å². The fourth-order valence-corrected chi connectivity index (χ4v) is 1.13. The first-order valence-corrected chi connectivity index (χ1v) is 5.78. The summed E-state index contributed by atoms with van der Waals surface area (Å²) < 4.78 is 0. The Balaban J connectivity index is 3.26. The number of nitrogens with zero attached hydrogens (tertiary/aromatic N) is 6. The van der Waals surface area contributed by atoms with Crippen molar-refractivity contribution in [2.24, 2.45) is 20.3 Å². The number of rotatable bonds is 4. The normalized spacial score (nSPS) is 14.6. The predicted molar refractivity (Wildman–Crippen MR) is 77.4 cm³/mol. The molecule has 1 rings (SSSR count). The summed E-state index contributed by atoms with van der Waals surface area (Å²) in [6.07, 6.45) is 2.84. The minimum absolute atomic E-state index is 0.339. The van der Waals surface area contributed by atoms with Crippen LogP contribution in [0, 0.1) is 0 Å². The molecule has 1 heterocycles. The first kappa shape index (κ1) is 15.4. The SMILES string of the molecule is CC(=Nc1cncnc1N=C(C)/C(C)=N/O)/C(C)=N/O. The molecule has 20 heavy (non-hydrogen) atoms. The first-order valence-electron chi connectivity index (χ1n) is 5.78. The Labute approximate surface area is 116 Å². The van der Waals surface area contributed by atoms with Crippen molar-refractivity contribution in [2.45, 2.75) is 27.7 Å². The molecular weight excluding hydrogens is 260 g/mol. The van der Waals surface area contributed by atoms with Crippen molar-refractivity contribution in [1.82, 2.24) is 9.97 Å². The zero-order valence-corrected chi connectivity index (χ0v) is 11.7. The number of oxime groups is 2. The highest BCUT2D eigenvalue weighted by Gasteiger charge is 2.06. The van der Waals surface area contributed by atoms with Crippen LogP contribution in [-0.4, -0.2) is 43.2 Å². The topological polar surface area (TPSA) is 116 Å². The van der Waals surface area contributed by atoms with Gasteiger partial charge in [-0.2, -0.15) is 0 Å². The van der Waals surface area contributed by atoms with E-state index in [9.17, 15) is 0 Å². The molecule has 0 spiro atoms. The largest absolute Gasteiger partial charge is 0.411 e. The smallest absolute Gasteiger partial charge is 0.181 e. The second kappa shape index (κ2) is 7.07. The summed E-state index contributed by atoms with van der Waals surface area (Å²) in [4.78, 5) is 16.4. The van der Waals surface area contributed by atoms with Crippen molar-refractivity contribution in [3.05, 3.63) is 12.5 Å². The van der Waals surface area contributed by atoms with E-state index in [1.165, 1.54) is 12.5 Å². The van der Waals surface area contributed by atoms with Gasteiger partial charge >= 0.3 is 0 Å². The van der Waals surface area contributed by atoms with Gasteiger partial charge in [0.05, 0.1) is 29.0 Å². The lowest BCUT2D eigenvalue weighted by molar-refractivity contribution is 0.319. The van der Waals surface area contributed by atoms with Gasteiger partial charge < -0.3 is 10.4 Å². The van der Waals surface area contributed by atoms with Gasteiger partial charge in [0, 0.05) is 0 Å². The summed E-state index contributed by atoms with van der Waals surface area (Å²) in [5, 5.41) is 23.6. The molecule has 0 radical (unpaired) electrons. The average Bonchev–Trinajstić information content (AvgIpc) is 2.47.